The van der Waals surface area contributed by atoms with Gasteiger partial charge in [-0.3, -0.25) is 0 Å². The normalized spacial score (nSPS) is 23.1. The predicted octanol–water partition coefficient (Wildman–Crippen LogP) is 0.331. The third-order valence-corrected chi connectivity index (χ3v) is 3.87. The van der Waals surface area contributed by atoms with Crippen LogP contribution in [0.1, 0.15) is 12.0 Å². The number of anilines is 1. The van der Waals surface area contributed by atoms with Crippen molar-refractivity contribution in [1.82, 2.24) is 9.88 Å². The molecule has 4 N–H and O–H groups in total. The van der Waals surface area contributed by atoms with E-state index in [2.05, 4.69) is 15.0 Å². The first kappa shape index (κ1) is 15.8. The van der Waals surface area contributed by atoms with E-state index < -0.39 is 6.10 Å². The summed E-state index contributed by atoms with van der Waals surface area (Å²) >= 11 is 6.34. The van der Waals surface area contributed by atoms with Crippen LogP contribution < -0.4 is 10.6 Å². The number of aliphatic hydroxyl groups is 1. The number of amidine groups is 1. The number of oxime groups is 1. The number of β-amino-alcohol motifs (C(OH)–C–C–N with tert-alkyl or cyclic N) is 1. The summed E-state index contributed by atoms with van der Waals surface area (Å²) in [5, 5.41) is 22.0. The molecule has 1 aromatic rings. The van der Waals surface area contributed by atoms with Gasteiger partial charge in [-0.1, -0.05) is 16.8 Å². The molecule has 2 atom stereocenters. The fourth-order valence-electron chi connectivity index (χ4n) is 2.63. The lowest BCUT2D eigenvalue weighted by Crippen LogP contribution is -2.38. The van der Waals surface area contributed by atoms with Crippen molar-refractivity contribution >= 4 is 23.3 Å². The number of hydrogen-bond acceptors (Lipinski definition) is 6. The molecular weight excluding hydrogens is 294 g/mol. The Kier molecular flexibility index (Phi) is 4.87. The van der Waals surface area contributed by atoms with Gasteiger partial charge in [0.2, 0.25) is 0 Å². The SMILES string of the molecule is CN(C)CC1CC(O)CN1c1nccc(/C(N)=N/O)c1Cl. The summed E-state index contributed by atoms with van der Waals surface area (Å²) < 4.78 is 0. The molecule has 0 spiro atoms. The molecule has 0 bridgehead atoms. The van der Waals surface area contributed by atoms with Gasteiger partial charge in [-0.25, -0.2) is 4.98 Å². The molecule has 116 valence electrons. The summed E-state index contributed by atoms with van der Waals surface area (Å²) in [7, 11) is 3.95. The Hall–Kier alpha value is -1.57. The van der Waals surface area contributed by atoms with E-state index in [1.54, 1.807) is 12.3 Å². The van der Waals surface area contributed by atoms with Gasteiger partial charge < -0.3 is 25.8 Å². The van der Waals surface area contributed by atoms with Crippen molar-refractivity contribution in [2.24, 2.45) is 10.9 Å². The summed E-state index contributed by atoms with van der Waals surface area (Å²) in [6.45, 7) is 1.24. The molecule has 8 heteroatoms. The molecule has 2 heterocycles. The van der Waals surface area contributed by atoms with Crippen LogP contribution in [0.2, 0.25) is 5.02 Å². The second-order valence-electron chi connectivity index (χ2n) is 5.44. The van der Waals surface area contributed by atoms with Crippen LogP contribution in [0.3, 0.4) is 0 Å². The van der Waals surface area contributed by atoms with Gasteiger partial charge in [0.05, 0.1) is 11.1 Å². The number of hydrogen-bond donors (Lipinski definition) is 3. The maximum absolute atomic E-state index is 9.94. The van der Waals surface area contributed by atoms with Crippen LogP contribution in [0.15, 0.2) is 17.4 Å². The lowest BCUT2D eigenvalue weighted by molar-refractivity contribution is 0.191. The molecule has 0 saturated carbocycles. The number of likely N-dealkylation sites (N-methyl/N-ethyl adjacent to an activating group) is 1. The number of aliphatic hydroxyl groups excluding tert-OH is 1. The average Bonchev–Trinajstić information content (AvgIpc) is 2.78. The first-order valence-electron chi connectivity index (χ1n) is 6.65. The van der Waals surface area contributed by atoms with E-state index in [1.807, 2.05) is 19.0 Å². The zero-order valence-corrected chi connectivity index (χ0v) is 12.8. The van der Waals surface area contributed by atoms with E-state index in [0.717, 1.165) is 6.54 Å². The summed E-state index contributed by atoms with van der Waals surface area (Å²) in [6.07, 6.45) is 1.80. The standard InChI is InChI=1S/C13H20ClN5O2/c1-18(2)6-8-5-9(20)7-19(8)13-11(14)10(3-4-16-13)12(15)17-21/h3-4,8-9,20-21H,5-7H2,1-2H3,(H2,15,17). The Bertz CT molecular complexity index is 537. The minimum Gasteiger partial charge on any atom is -0.409 e. The highest BCUT2D eigenvalue weighted by molar-refractivity contribution is 6.36. The van der Waals surface area contributed by atoms with E-state index in [9.17, 15) is 5.11 Å². The molecule has 1 aliphatic heterocycles. The summed E-state index contributed by atoms with van der Waals surface area (Å²) in [6, 6.07) is 1.71. The lowest BCUT2D eigenvalue weighted by atomic mass is 10.2. The quantitative estimate of drug-likeness (QED) is 0.321. The van der Waals surface area contributed by atoms with Crippen molar-refractivity contribution in [3.63, 3.8) is 0 Å². The van der Waals surface area contributed by atoms with E-state index >= 15 is 0 Å². The summed E-state index contributed by atoms with van der Waals surface area (Å²) in [5.41, 5.74) is 6.04. The third-order valence-electron chi connectivity index (χ3n) is 3.49. The van der Waals surface area contributed by atoms with Crippen molar-refractivity contribution < 1.29 is 10.3 Å². The zero-order chi connectivity index (χ0) is 15.6. The van der Waals surface area contributed by atoms with Gasteiger partial charge in [-0.05, 0) is 26.6 Å². The molecule has 0 radical (unpaired) electrons. The van der Waals surface area contributed by atoms with Gasteiger partial charge in [0.1, 0.15) is 5.82 Å². The highest BCUT2D eigenvalue weighted by atomic mass is 35.5. The molecule has 2 unspecified atom stereocenters. The molecular formula is C13H20ClN5O2. The molecule has 1 fully saturated rings. The van der Waals surface area contributed by atoms with Crippen molar-refractivity contribution in [3.05, 3.63) is 22.8 Å². The smallest absolute Gasteiger partial charge is 0.171 e. The predicted molar refractivity (Wildman–Crippen MR) is 82.1 cm³/mol. The average molecular weight is 314 g/mol. The first-order chi connectivity index (χ1) is 9.93. The van der Waals surface area contributed by atoms with Gasteiger partial charge in [0.25, 0.3) is 0 Å². The van der Waals surface area contributed by atoms with Crippen LogP contribution in [0.4, 0.5) is 5.82 Å². The topological polar surface area (TPSA) is 98.2 Å². The number of pyridine rings is 1. The van der Waals surface area contributed by atoms with Crippen LogP contribution in [-0.2, 0) is 0 Å². The Balaban J connectivity index is 2.36. The van der Waals surface area contributed by atoms with Crippen molar-refractivity contribution in [2.75, 3.05) is 32.1 Å². The minimum atomic E-state index is -0.416. The zero-order valence-electron chi connectivity index (χ0n) is 12.1. The largest absolute Gasteiger partial charge is 0.409 e. The molecule has 1 aliphatic rings. The summed E-state index contributed by atoms with van der Waals surface area (Å²) in [5.74, 6) is 0.483. The highest BCUT2D eigenvalue weighted by Gasteiger charge is 2.33. The molecule has 21 heavy (non-hydrogen) atoms. The molecule has 0 aliphatic carbocycles. The number of nitrogens with two attached hydrogens (primary N) is 1. The fraction of sp³-hybridized carbons (Fsp3) is 0.538. The number of aromatic nitrogens is 1. The Morgan fingerprint density at radius 2 is 2.33 bits per heavy atom. The maximum Gasteiger partial charge on any atom is 0.171 e. The molecule has 1 saturated heterocycles. The minimum absolute atomic E-state index is 0.0624. The summed E-state index contributed by atoms with van der Waals surface area (Å²) in [4.78, 5) is 8.33. The number of rotatable bonds is 4. The van der Waals surface area contributed by atoms with Crippen molar-refractivity contribution in [2.45, 2.75) is 18.6 Å². The van der Waals surface area contributed by atoms with Crippen molar-refractivity contribution in [3.8, 4) is 0 Å². The number of halogens is 1. The Labute approximate surface area is 128 Å². The molecule has 0 amide bonds. The Morgan fingerprint density at radius 3 is 2.95 bits per heavy atom. The molecule has 0 aromatic carbocycles. The maximum atomic E-state index is 9.94. The van der Waals surface area contributed by atoms with Gasteiger partial charge in [-0.2, -0.15) is 0 Å². The second kappa shape index (κ2) is 6.46. The molecule has 1 aromatic heterocycles. The third kappa shape index (κ3) is 3.37. The van der Waals surface area contributed by atoms with Crippen LogP contribution in [-0.4, -0.2) is 65.4 Å². The van der Waals surface area contributed by atoms with Crippen LogP contribution >= 0.6 is 11.6 Å². The first-order valence-corrected chi connectivity index (χ1v) is 7.03. The van der Waals surface area contributed by atoms with E-state index in [1.165, 1.54) is 0 Å². The molecule has 7 nitrogen and oxygen atoms in total. The second-order valence-corrected chi connectivity index (χ2v) is 5.82. The van der Waals surface area contributed by atoms with Crippen LogP contribution in [0.5, 0.6) is 0 Å². The molecule has 2 rings (SSSR count). The van der Waals surface area contributed by atoms with E-state index in [-0.39, 0.29) is 11.9 Å². The Morgan fingerprint density at radius 1 is 1.62 bits per heavy atom. The fourth-order valence-corrected chi connectivity index (χ4v) is 2.95. The van der Waals surface area contributed by atoms with E-state index in [4.69, 9.17) is 22.5 Å². The monoisotopic (exact) mass is 313 g/mol. The van der Waals surface area contributed by atoms with Gasteiger partial charge >= 0.3 is 0 Å². The van der Waals surface area contributed by atoms with Gasteiger partial charge in [-0.15, -0.1) is 0 Å². The van der Waals surface area contributed by atoms with Gasteiger partial charge in [0, 0.05) is 30.9 Å². The highest BCUT2D eigenvalue weighted by Crippen LogP contribution is 2.32. The van der Waals surface area contributed by atoms with Crippen LogP contribution in [0, 0.1) is 0 Å². The number of nitrogens with zero attached hydrogens (tertiary/aromatic N) is 4. The van der Waals surface area contributed by atoms with Gasteiger partial charge in [0.15, 0.2) is 5.84 Å². The van der Waals surface area contributed by atoms with Crippen molar-refractivity contribution in [1.29, 1.82) is 0 Å². The van der Waals surface area contributed by atoms with Crippen LogP contribution in [0.25, 0.3) is 0 Å². The lowest BCUT2D eigenvalue weighted by Gasteiger charge is -2.28. The van der Waals surface area contributed by atoms with E-state index in [0.29, 0.717) is 29.4 Å².